The van der Waals surface area contributed by atoms with E-state index in [2.05, 4.69) is 16.0 Å². The topological polar surface area (TPSA) is 80.2 Å². The average Bonchev–Trinajstić information content (AvgIpc) is 3.45. The first-order valence-electron chi connectivity index (χ1n) is 10.3. The van der Waals surface area contributed by atoms with E-state index in [1.165, 1.54) is 15.8 Å². The van der Waals surface area contributed by atoms with Gasteiger partial charge < -0.3 is 9.88 Å². The highest BCUT2D eigenvalue weighted by Gasteiger charge is 2.35. The molecule has 5 rings (SSSR count). The molecule has 6 nitrogen and oxygen atoms in total. The van der Waals surface area contributed by atoms with Crippen molar-refractivity contribution in [3.05, 3.63) is 70.9 Å². The lowest BCUT2D eigenvalue weighted by Crippen LogP contribution is -2.37. The number of nitriles is 1. The zero-order chi connectivity index (χ0) is 20.7. The normalized spacial score (nSPS) is 18.9. The Kier molecular flexibility index (Phi) is 4.61. The molecule has 0 bridgehead atoms. The smallest absolute Gasteiger partial charge is 0.261 e. The fourth-order valence-corrected chi connectivity index (χ4v) is 4.70. The van der Waals surface area contributed by atoms with E-state index in [4.69, 9.17) is 5.26 Å². The molecule has 30 heavy (non-hydrogen) atoms. The van der Waals surface area contributed by atoms with E-state index < -0.39 is 0 Å². The summed E-state index contributed by atoms with van der Waals surface area (Å²) in [5, 5.41) is 10.2. The third kappa shape index (κ3) is 3.17. The molecule has 1 saturated heterocycles. The third-order valence-electron chi connectivity index (χ3n) is 6.29. The predicted molar refractivity (Wildman–Crippen MR) is 113 cm³/mol. The Morgan fingerprint density at radius 2 is 1.83 bits per heavy atom. The first kappa shape index (κ1) is 18.6. The molecule has 0 aliphatic carbocycles. The van der Waals surface area contributed by atoms with Crippen LogP contribution in [0.25, 0.3) is 10.9 Å². The van der Waals surface area contributed by atoms with Gasteiger partial charge in [-0.25, -0.2) is 0 Å². The molecule has 1 N–H and O–H groups in total. The Bertz CT molecular complexity index is 1150. The summed E-state index contributed by atoms with van der Waals surface area (Å²) in [4.78, 5) is 32.0. The number of carbonyl (C=O) groups excluding carboxylic acids is 2. The zero-order valence-electron chi connectivity index (χ0n) is 16.6. The number of nitrogens with one attached hydrogen (secondary N) is 1. The number of fused-ring (bicyclic) bond motifs is 2. The maximum Gasteiger partial charge on any atom is 0.261 e. The summed E-state index contributed by atoms with van der Waals surface area (Å²) in [6.07, 6.45) is 4.13. The van der Waals surface area contributed by atoms with Crippen LogP contribution in [0.1, 0.15) is 38.3 Å². The maximum atomic E-state index is 12.5. The fourth-order valence-electron chi connectivity index (χ4n) is 4.70. The number of likely N-dealkylation sites (tertiary alicyclic amines) is 1. The van der Waals surface area contributed by atoms with Crippen molar-refractivity contribution in [2.24, 2.45) is 5.92 Å². The number of nitrogens with zero attached hydrogens (tertiary/aromatic N) is 3. The van der Waals surface area contributed by atoms with Crippen molar-refractivity contribution in [1.82, 2.24) is 14.8 Å². The van der Waals surface area contributed by atoms with Gasteiger partial charge in [0.2, 0.25) is 0 Å². The Labute approximate surface area is 174 Å². The number of hydrogen-bond acceptors (Lipinski definition) is 4. The molecule has 150 valence electrons. The first-order valence-corrected chi connectivity index (χ1v) is 10.3. The molecule has 2 amide bonds. The molecule has 3 aromatic rings. The minimum atomic E-state index is -0.179. The number of amides is 2. The van der Waals surface area contributed by atoms with Gasteiger partial charge in [-0.1, -0.05) is 18.2 Å². The van der Waals surface area contributed by atoms with E-state index in [1.54, 1.807) is 24.3 Å². The molecule has 6 heteroatoms. The van der Waals surface area contributed by atoms with Crippen molar-refractivity contribution in [2.75, 3.05) is 26.2 Å². The Morgan fingerprint density at radius 1 is 1.07 bits per heavy atom. The van der Waals surface area contributed by atoms with Gasteiger partial charge in [0.05, 0.1) is 22.8 Å². The Hall–Kier alpha value is -3.43. The van der Waals surface area contributed by atoms with Crippen LogP contribution in [0.15, 0.2) is 48.7 Å². The van der Waals surface area contributed by atoms with Crippen molar-refractivity contribution < 1.29 is 9.59 Å². The van der Waals surface area contributed by atoms with E-state index in [9.17, 15) is 9.59 Å². The number of aromatic nitrogens is 1. The molecule has 1 unspecified atom stereocenters. The van der Waals surface area contributed by atoms with Gasteiger partial charge in [-0.3, -0.25) is 14.5 Å². The summed E-state index contributed by atoms with van der Waals surface area (Å²) < 4.78 is 0. The summed E-state index contributed by atoms with van der Waals surface area (Å²) in [5.74, 6) is 0.186. The van der Waals surface area contributed by atoms with E-state index in [0.29, 0.717) is 35.7 Å². The molecule has 2 aliphatic rings. The van der Waals surface area contributed by atoms with Crippen LogP contribution in [0.5, 0.6) is 0 Å². The van der Waals surface area contributed by atoms with Gasteiger partial charge in [0.1, 0.15) is 0 Å². The highest BCUT2D eigenvalue weighted by molar-refractivity contribution is 6.21. The molecular weight excluding hydrogens is 376 g/mol. The van der Waals surface area contributed by atoms with E-state index in [0.717, 1.165) is 31.4 Å². The molecule has 3 heterocycles. The number of carbonyl (C=O) groups is 2. The molecule has 2 aliphatic heterocycles. The van der Waals surface area contributed by atoms with Crippen LogP contribution >= 0.6 is 0 Å². The second kappa shape index (κ2) is 7.43. The van der Waals surface area contributed by atoms with Crippen LogP contribution < -0.4 is 0 Å². The van der Waals surface area contributed by atoms with Crippen LogP contribution in [0, 0.1) is 17.2 Å². The lowest BCUT2D eigenvalue weighted by molar-refractivity contribution is 0.0640. The molecule has 1 fully saturated rings. The highest BCUT2D eigenvalue weighted by atomic mass is 16.2. The van der Waals surface area contributed by atoms with Gasteiger partial charge in [-0.15, -0.1) is 0 Å². The lowest BCUT2D eigenvalue weighted by atomic mass is 9.98. The molecule has 0 spiro atoms. The molecule has 2 aromatic carbocycles. The van der Waals surface area contributed by atoms with E-state index >= 15 is 0 Å². The summed E-state index contributed by atoms with van der Waals surface area (Å²) in [6.45, 7) is 3.09. The second-order valence-electron chi connectivity index (χ2n) is 8.15. The SMILES string of the molecule is N#Cc1ccc2c(CC3CCN(CCN4C(=O)c5ccccc5C4=O)C3)c[nH]c2c1. The summed E-state index contributed by atoms with van der Waals surface area (Å²) in [6, 6.07) is 15.0. The van der Waals surface area contributed by atoms with Crippen molar-refractivity contribution in [1.29, 1.82) is 5.26 Å². The average molecular weight is 398 g/mol. The standard InChI is InChI=1S/C24H22N4O2/c25-13-16-5-6-19-18(14-26-22(19)12-16)11-17-7-8-27(15-17)9-10-28-23(29)20-3-1-2-4-21(20)24(28)30/h1-6,12,14,17,26H,7-11,15H2. The maximum absolute atomic E-state index is 12.5. The molecule has 1 atom stereocenters. The number of H-pyrrole nitrogens is 1. The molecule has 1 aromatic heterocycles. The lowest BCUT2D eigenvalue weighted by Gasteiger charge is -2.20. The summed E-state index contributed by atoms with van der Waals surface area (Å²) in [5.41, 5.74) is 3.98. The first-order chi connectivity index (χ1) is 14.6. The Balaban J connectivity index is 1.19. The van der Waals surface area contributed by atoms with Crippen LogP contribution in [0.3, 0.4) is 0 Å². The number of rotatable bonds is 5. The minimum Gasteiger partial charge on any atom is -0.361 e. The van der Waals surface area contributed by atoms with Gasteiger partial charge in [0.15, 0.2) is 0 Å². The highest BCUT2D eigenvalue weighted by Crippen LogP contribution is 2.27. The van der Waals surface area contributed by atoms with Gasteiger partial charge >= 0.3 is 0 Å². The van der Waals surface area contributed by atoms with Crippen LogP contribution in [0.2, 0.25) is 0 Å². The van der Waals surface area contributed by atoms with Gasteiger partial charge in [0, 0.05) is 36.7 Å². The van der Waals surface area contributed by atoms with Crippen molar-refractivity contribution >= 4 is 22.7 Å². The van der Waals surface area contributed by atoms with E-state index in [-0.39, 0.29) is 11.8 Å². The largest absolute Gasteiger partial charge is 0.361 e. The quantitative estimate of drug-likeness (QED) is 0.670. The number of benzene rings is 2. The summed E-state index contributed by atoms with van der Waals surface area (Å²) >= 11 is 0. The van der Waals surface area contributed by atoms with Gasteiger partial charge in [-0.05, 0) is 55.1 Å². The third-order valence-corrected chi connectivity index (χ3v) is 6.29. The van der Waals surface area contributed by atoms with Crippen molar-refractivity contribution in [2.45, 2.75) is 12.8 Å². The van der Waals surface area contributed by atoms with Gasteiger partial charge in [0.25, 0.3) is 11.8 Å². The van der Waals surface area contributed by atoms with Crippen molar-refractivity contribution in [3.63, 3.8) is 0 Å². The van der Waals surface area contributed by atoms with Gasteiger partial charge in [-0.2, -0.15) is 5.26 Å². The predicted octanol–water partition coefficient (Wildman–Crippen LogP) is 3.20. The molecule has 0 saturated carbocycles. The molecular formula is C24H22N4O2. The van der Waals surface area contributed by atoms with Crippen molar-refractivity contribution in [3.8, 4) is 6.07 Å². The zero-order valence-corrected chi connectivity index (χ0v) is 16.6. The van der Waals surface area contributed by atoms with Crippen LogP contribution in [0.4, 0.5) is 0 Å². The second-order valence-corrected chi connectivity index (χ2v) is 8.15. The number of hydrogen-bond donors (Lipinski definition) is 1. The number of imide groups is 1. The fraction of sp³-hybridized carbons (Fsp3) is 0.292. The number of aromatic amines is 1. The van der Waals surface area contributed by atoms with E-state index in [1.807, 2.05) is 24.4 Å². The van der Waals surface area contributed by atoms with Crippen LogP contribution in [-0.2, 0) is 6.42 Å². The Morgan fingerprint density at radius 3 is 2.57 bits per heavy atom. The molecule has 0 radical (unpaired) electrons. The minimum absolute atomic E-state index is 0.179. The van der Waals surface area contributed by atoms with Crippen LogP contribution in [-0.4, -0.2) is 52.8 Å². The summed E-state index contributed by atoms with van der Waals surface area (Å²) in [7, 11) is 0. The monoisotopic (exact) mass is 398 g/mol.